The molecule has 0 aliphatic carbocycles. The zero-order chi connectivity index (χ0) is 10.9. The molecule has 2 aromatic rings. The molecule has 0 bridgehead atoms. The van der Waals surface area contributed by atoms with E-state index in [2.05, 4.69) is 32.0 Å². The Labute approximate surface area is 124 Å². The third kappa shape index (κ3) is 6.20. The smallest absolute Gasteiger partial charge is 0 e. The van der Waals surface area contributed by atoms with Gasteiger partial charge in [-0.3, -0.25) is 0 Å². The van der Waals surface area contributed by atoms with Gasteiger partial charge in [0.05, 0.1) is 0 Å². The molecule has 0 atom stereocenters. The Kier molecular flexibility index (Phi) is 9.47. The van der Waals surface area contributed by atoms with Crippen LogP contribution in [0.1, 0.15) is 18.1 Å². The molecule has 0 heterocycles. The first-order chi connectivity index (χ1) is 7.34. The fraction of sp³-hybridized carbons (Fsp3) is 0.200. The summed E-state index contributed by atoms with van der Waals surface area (Å²) < 4.78 is 0. The molecule has 0 spiro atoms. The van der Waals surface area contributed by atoms with Crippen LogP contribution in [-0.2, 0) is 39.1 Å². The molecule has 0 aliphatic heterocycles. The van der Waals surface area contributed by atoms with E-state index in [1.807, 2.05) is 42.5 Å². The van der Waals surface area contributed by atoms with Crippen LogP contribution in [0.3, 0.4) is 0 Å². The predicted molar refractivity (Wildman–Crippen MR) is 64.7 cm³/mol. The minimum atomic E-state index is 0. The van der Waals surface area contributed by atoms with Crippen LogP contribution in [0.4, 0.5) is 0 Å². The first-order valence-electron chi connectivity index (χ1n) is 5.21. The van der Waals surface area contributed by atoms with E-state index in [1.165, 1.54) is 11.1 Å². The maximum atomic E-state index is 3.04. The average molecular weight is 285 g/mol. The number of aryl methyl sites for hydroxylation is 2. The maximum Gasteiger partial charge on any atom is 0 e. The zero-order valence-electron chi connectivity index (χ0n) is 9.90. The van der Waals surface area contributed by atoms with Crippen LogP contribution < -0.4 is 0 Å². The summed E-state index contributed by atoms with van der Waals surface area (Å²) >= 11 is 0. The van der Waals surface area contributed by atoms with Gasteiger partial charge in [0.15, 0.2) is 0 Å². The minimum Gasteiger partial charge on any atom is -0.184 e. The van der Waals surface area contributed by atoms with E-state index in [1.54, 1.807) is 0 Å². The molecule has 16 heavy (non-hydrogen) atoms. The van der Waals surface area contributed by atoms with E-state index >= 15 is 0 Å². The quantitative estimate of drug-likeness (QED) is 0.698. The van der Waals surface area contributed by atoms with E-state index < -0.39 is 0 Å². The summed E-state index contributed by atoms with van der Waals surface area (Å²) in [6, 6.07) is 21.6. The van der Waals surface area contributed by atoms with E-state index in [0.29, 0.717) is 0 Å². The molecular weight excluding hydrogens is 269 g/mol. The molecule has 0 saturated carbocycles. The van der Waals surface area contributed by atoms with Crippen molar-refractivity contribution in [3.05, 3.63) is 71.8 Å². The predicted octanol–water partition coefficient (Wildman–Crippen LogP) is 3.84. The van der Waals surface area contributed by atoms with Crippen LogP contribution in [0.15, 0.2) is 48.5 Å². The first-order valence-corrected chi connectivity index (χ1v) is 5.21. The SMILES string of the molecule is CCc1cc[c-]cc1C.[Y].[c-]1ccccc1. The van der Waals surface area contributed by atoms with Gasteiger partial charge in [0, 0.05) is 32.7 Å². The zero-order valence-corrected chi connectivity index (χ0v) is 12.7. The van der Waals surface area contributed by atoms with Gasteiger partial charge in [-0.2, -0.15) is 71.8 Å². The summed E-state index contributed by atoms with van der Waals surface area (Å²) in [6.07, 6.45) is 1.13. The molecule has 0 saturated heterocycles. The van der Waals surface area contributed by atoms with Crippen molar-refractivity contribution in [2.45, 2.75) is 20.3 Å². The third-order valence-corrected chi connectivity index (χ3v) is 2.18. The Hall–Kier alpha value is -0.456. The van der Waals surface area contributed by atoms with Crippen molar-refractivity contribution in [1.82, 2.24) is 0 Å². The Morgan fingerprint density at radius 3 is 2.00 bits per heavy atom. The van der Waals surface area contributed by atoms with Crippen molar-refractivity contribution < 1.29 is 32.7 Å². The summed E-state index contributed by atoms with van der Waals surface area (Å²) in [5, 5.41) is 0. The second-order valence-corrected chi connectivity index (χ2v) is 3.28. The topological polar surface area (TPSA) is 0 Å². The van der Waals surface area contributed by atoms with Crippen molar-refractivity contribution in [1.29, 1.82) is 0 Å². The number of rotatable bonds is 1. The van der Waals surface area contributed by atoms with E-state index in [9.17, 15) is 0 Å². The number of hydrogen-bond donors (Lipinski definition) is 0. The van der Waals surface area contributed by atoms with Gasteiger partial charge in [-0.05, 0) is 0 Å². The summed E-state index contributed by atoms with van der Waals surface area (Å²) in [7, 11) is 0. The first kappa shape index (κ1) is 15.5. The van der Waals surface area contributed by atoms with Gasteiger partial charge < -0.3 is 0 Å². The number of benzene rings is 2. The molecule has 0 N–H and O–H groups in total. The molecule has 0 aromatic heterocycles. The van der Waals surface area contributed by atoms with Crippen LogP contribution in [-0.4, -0.2) is 0 Å². The van der Waals surface area contributed by atoms with Gasteiger partial charge in [-0.25, -0.2) is 0 Å². The van der Waals surface area contributed by atoms with Crippen LogP contribution in [0.25, 0.3) is 0 Å². The summed E-state index contributed by atoms with van der Waals surface area (Å²) in [5.41, 5.74) is 2.77. The molecule has 2 aromatic carbocycles. The molecule has 0 unspecified atom stereocenters. The molecule has 0 aliphatic rings. The van der Waals surface area contributed by atoms with Crippen LogP contribution >= 0.6 is 0 Å². The van der Waals surface area contributed by atoms with Gasteiger partial charge in [-0.1, -0.05) is 20.3 Å². The Bertz CT molecular complexity index is 341. The third-order valence-electron chi connectivity index (χ3n) is 2.18. The Morgan fingerprint density at radius 1 is 1.00 bits per heavy atom. The average Bonchev–Trinajstić information content (AvgIpc) is 2.33. The molecule has 1 radical (unpaired) electrons. The van der Waals surface area contributed by atoms with Crippen LogP contribution in [0.5, 0.6) is 0 Å². The molecule has 0 fully saturated rings. The van der Waals surface area contributed by atoms with E-state index in [4.69, 9.17) is 0 Å². The molecule has 1 heteroatoms. The van der Waals surface area contributed by atoms with Crippen molar-refractivity contribution in [2.75, 3.05) is 0 Å². The molecule has 0 nitrogen and oxygen atoms in total. The van der Waals surface area contributed by atoms with Crippen molar-refractivity contribution in [2.24, 2.45) is 0 Å². The van der Waals surface area contributed by atoms with Gasteiger partial charge in [-0.15, -0.1) is 0 Å². The van der Waals surface area contributed by atoms with Gasteiger partial charge >= 0.3 is 0 Å². The summed E-state index contributed by atoms with van der Waals surface area (Å²) in [5.74, 6) is 0. The van der Waals surface area contributed by atoms with Crippen molar-refractivity contribution >= 4 is 0 Å². The fourth-order valence-electron chi connectivity index (χ4n) is 1.28. The Morgan fingerprint density at radius 2 is 1.69 bits per heavy atom. The normalized spacial score (nSPS) is 8.38. The van der Waals surface area contributed by atoms with Crippen molar-refractivity contribution in [3.63, 3.8) is 0 Å². The largest absolute Gasteiger partial charge is 0.184 e. The summed E-state index contributed by atoms with van der Waals surface area (Å²) in [6.45, 7) is 4.29. The van der Waals surface area contributed by atoms with E-state index in [-0.39, 0.29) is 32.7 Å². The second kappa shape index (κ2) is 9.75. The van der Waals surface area contributed by atoms with Gasteiger partial charge in [0.1, 0.15) is 0 Å². The molecule has 81 valence electrons. The molecule has 0 amide bonds. The number of hydrogen-bond acceptors (Lipinski definition) is 0. The molecular formula is C15H16Y-2. The van der Waals surface area contributed by atoms with Crippen LogP contribution in [0, 0.1) is 19.1 Å². The molecule has 2 rings (SSSR count). The Balaban J connectivity index is 0.000000283. The van der Waals surface area contributed by atoms with Gasteiger partial charge in [0.25, 0.3) is 0 Å². The second-order valence-electron chi connectivity index (χ2n) is 3.28. The standard InChI is InChI=1S/C9H11.C6H5.Y/c1-3-9-7-5-4-6-8(9)2;1-2-4-6-5-3-1;/h5-7H,3H2,1-2H3;1-5H;/q2*-1;. The summed E-state index contributed by atoms with van der Waals surface area (Å²) in [4.78, 5) is 0. The van der Waals surface area contributed by atoms with Gasteiger partial charge in [0.2, 0.25) is 0 Å². The van der Waals surface area contributed by atoms with E-state index in [0.717, 1.165) is 6.42 Å². The van der Waals surface area contributed by atoms with Crippen molar-refractivity contribution in [3.8, 4) is 0 Å². The fourth-order valence-corrected chi connectivity index (χ4v) is 1.28. The monoisotopic (exact) mass is 285 g/mol. The van der Waals surface area contributed by atoms with Crippen LogP contribution in [0.2, 0.25) is 0 Å². The maximum absolute atomic E-state index is 3.04. The minimum absolute atomic E-state index is 0.